The maximum Gasteiger partial charge on any atom is 0.221 e. The number of ether oxygens (including phenoxy) is 1. The number of anilines is 1. The molecule has 0 bridgehead atoms. The first-order valence-corrected chi connectivity index (χ1v) is 7.54. The summed E-state index contributed by atoms with van der Waals surface area (Å²) in [6.45, 7) is 1.86. The fourth-order valence-electron chi connectivity index (χ4n) is 2.26. The molecule has 1 aromatic heterocycles. The van der Waals surface area contributed by atoms with Gasteiger partial charge in [-0.25, -0.2) is 18.4 Å². The van der Waals surface area contributed by atoms with Crippen LogP contribution in [0.2, 0.25) is 0 Å². The maximum absolute atomic E-state index is 13.6. The summed E-state index contributed by atoms with van der Waals surface area (Å²) < 4.78 is 33.9. The predicted octanol–water partition coefficient (Wildman–Crippen LogP) is 3.51. The van der Waals surface area contributed by atoms with Crippen molar-refractivity contribution in [3.63, 3.8) is 0 Å². The molecular formula is C18H16F2N4O. The fourth-order valence-corrected chi connectivity index (χ4v) is 2.26. The molecule has 3 rings (SSSR count). The van der Waals surface area contributed by atoms with Crippen molar-refractivity contribution in [1.82, 2.24) is 9.66 Å². The largest absolute Gasteiger partial charge is 0.483 e. The second-order valence-electron chi connectivity index (χ2n) is 5.41. The van der Waals surface area contributed by atoms with Crippen molar-refractivity contribution in [2.45, 2.75) is 13.5 Å². The van der Waals surface area contributed by atoms with Crippen molar-refractivity contribution in [3.05, 3.63) is 77.1 Å². The minimum Gasteiger partial charge on any atom is -0.483 e. The summed E-state index contributed by atoms with van der Waals surface area (Å²) in [5.74, 6) is -1.56. The molecule has 0 amide bonds. The van der Waals surface area contributed by atoms with Crippen LogP contribution in [0.25, 0.3) is 0 Å². The lowest BCUT2D eigenvalue weighted by molar-refractivity contribution is 0.274. The van der Waals surface area contributed by atoms with E-state index in [2.05, 4.69) is 10.1 Å². The van der Waals surface area contributed by atoms with Crippen LogP contribution < -0.4 is 10.5 Å². The molecule has 0 aliphatic carbocycles. The molecule has 5 nitrogen and oxygen atoms in total. The zero-order chi connectivity index (χ0) is 17.8. The van der Waals surface area contributed by atoms with Gasteiger partial charge in [0, 0.05) is 0 Å². The minimum absolute atomic E-state index is 0.0336. The minimum atomic E-state index is -0.733. The lowest BCUT2D eigenvalue weighted by Gasteiger charge is -2.08. The van der Waals surface area contributed by atoms with Crippen molar-refractivity contribution >= 4 is 12.2 Å². The lowest BCUT2D eigenvalue weighted by Crippen LogP contribution is -2.01. The third-order valence-electron chi connectivity index (χ3n) is 3.42. The lowest BCUT2D eigenvalue weighted by atomic mass is 10.1. The van der Waals surface area contributed by atoms with E-state index in [4.69, 9.17) is 10.5 Å². The van der Waals surface area contributed by atoms with Crippen LogP contribution in [0.5, 0.6) is 5.75 Å². The molecule has 0 spiro atoms. The molecule has 0 fully saturated rings. The van der Waals surface area contributed by atoms with E-state index in [1.807, 2.05) is 19.1 Å². The Morgan fingerprint density at radius 2 is 1.92 bits per heavy atom. The average Bonchev–Trinajstić information content (AvgIpc) is 2.90. The van der Waals surface area contributed by atoms with Gasteiger partial charge in [-0.1, -0.05) is 24.3 Å². The second kappa shape index (κ2) is 7.12. The van der Waals surface area contributed by atoms with Gasteiger partial charge in [0.1, 0.15) is 6.61 Å². The van der Waals surface area contributed by atoms with Gasteiger partial charge in [0.25, 0.3) is 0 Å². The van der Waals surface area contributed by atoms with Crippen LogP contribution in [-0.4, -0.2) is 15.9 Å². The van der Waals surface area contributed by atoms with E-state index >= 15 is 0 Å². The highest BCUT2D eigenvalue weighted by molar-refractivity contribution is 5.79. The molecule has 25 heavy (non-hydrogen) atoms. The number of aryl methyl sites for hydroxylation is 1. The van der Waals surface area contributed by atoms with E-state index < -0.39 is 11.6 Å². The van der Waals surface area contributed by atoms with Gasteiger partial charge in [-0.2, -0.15) is 5.10 Å². The number of hydrogen-bond donors (Lipinski definition) is 1. The van der Waals surface area contributed by atoms with E-state index in [9.17, 15) is 8.78 Å². The van der Waals surface area contributed by atoms with Gasteiger partial charge in [-0.3, -0.25) is 0 Å². The number of halogens is 2. The summed E-state index contributed by atoms with van der Waals surface area (Å²) in [6, 6.07) is 10.8. The van der Waals surface area contributed by atoms with E-state index in [0.717, 1.165) is 29.0 Å². The van der Waals surface area contributed by atoms with Gasteiger partial charge in [-0.05, 0) is 36.2 Å². The molecule has 0 aliphatic heterocycles. The Morgan fingerprint density at radius 3 is 2.60 bits per heavy atom. The van der Waals surface area contributed by atoms with E-state index in [1.54, 1.807) is 24.5 Å². The van der Waals surface area contributed by atoms with Crippen molar-refractivity contribution < 1.29 is 13.5 Å². The van der Waals surface area contributed by atoms with Gasteiger partial charge in [-0.15, -0.1) is 0 Å². The highest BCUT2D eigenvalue weighted by Gasteiger charge is 2.09. The number of nitrogens with two attached hydrogens (primary N) is 1. The van der Waals surface area contributed by atoms with Gasteiger partial charge in [0.15, 0.2) is 17.4 Å². The average molecular weight is 342 g/mol. The third-order valence-corrected chi connectivity index (χ3v) is 3.42. The van der Waals surface area contributed by atoms with Crippen molar-refractivity contribution in [2.24, 2.45) is 5.10 Å². The fraction of sp³-hybridized carbons (Fsp3) is 0.111. The van der Waals surface area contributed by atoms with Crippen molar-refractivity contribution in [2.75, 3.05) is 5.73 Å². The predicted molar refractivity (Wildman–Crippen MR) is 91.5 cm³/mol. The quantitative estimate of drug-likeness (QED) is 0.722. The highest BCUT2D eigenvalue weighted by atomic mass is 19.1. The number of aromatic nitrogens is 2. The molecule has 0 atom stereocenters. The van der Waals surface area contributed by atoms with Crippen LogP contribution in [0.3, 0.4) is 0 Å². The first kappa shape index (κ1) is 16.6. The molecule has 0 aliphatic rings. The number of hydrogen-bond acceptors (Lipinski definition) is 4. The maximum atomic E-state index is 13.6. The van der Waals surface area contributed by atoms with Crippen LogP contribution >= 0.6 is 0 Å². The SMILES string of the molecule is Cc1cn(N=Cc2cccc(COc3c(F)cccc3F)c2)c(N)n1. The van der Waals surface area contributed by atoms with E-state index in [0.29, 0.717) is 5.95 Å². The summed E-state index contributed by atoms with van der Waals surface area (Å²) in [5, 5.41) is 4.23. The van der Waals surface area contributed by atoms with Crippen LogP contribution in [0.4, 0.5) is 14.7 Å². The smallest absolute Gasteiger partial charge is 0.221 e. The molecular weight excluding hydrogens is 326 g/mol. The highest BCUT2D eigenvalue weighted by Crippen LogP contribution is 2.22. The Bertz CT molecular complexity index is 901. The van der Waals surface area contributed by atoms with E-state index in [1.165, 1.54) is 10.7 Å². The molecule has 2 N–H and O–H groups in total. The zero-order valence-corrected chi connectivity index (χ0v) is 13.5. The van der Waals surface area contributed by atoms with Crippen LogP contribution in [0.15, 0.2) is 53.8 Å². The van der Waals surface area contributed by atoms with Crippen LogP contribution in [0, 0.1) is 18.6 Å². The number of imidazole rings is 1. The van der Waals surface area contributed by atoms with Crippen molar-refractivity contribution in [3.8, 4) is 5.75 Å². The molecule has 0 unspecified atom stereocenters. The monoisotopic (exact) mass is 342 g/mol. The summed E-state index contributed by atoms with van der Waals surface area (Å²) >= 11 is 0. The first-order valence-electron chi connectivity index (χ1n) is 7.54. The number of rotatable bonds is 5. The van der Waals surface area contributed by atoms with Crippen LogP contribution in [-0.2, 0) is 6.61 Å². The number of nitrogens with zero attached hydrogens (tertiary/aromatic N) is 3. The summed E-state index contributed by atoms with van der Waals surface area (Å²) in [5.41, 5.74) is 8.03. The second-order valence-corrected chi connectivity index (χ2v) is 5.41. The van der Waals surface area contributed by atoms with Crippen molar-refractivity contribution in [1.29, 1.82) is 0 Å². The molecule has 1 heterocycles. The molecule has 128 valence electrons. The number of benzene rings is 2. The molecule has 7 heteroatoms. The number of para-hydroxylation sites is 1. The Morgan fingerprint density at radius 1 is 1.20 bits per heavy atom. The normalized spacial score (nSPS) is 11.2. The Kier molecular flexibility index (Phi) is 4.74. The number of nitrogen functional groups attached to an aromatic ring is 1. The van der Waals surface area contributed by atoms with Gasteiger partial charge in [0.2, 0.25) is 5.95 Å². The molecule has 0 saturated carbocycles. The van der Waals surface area contributed by atoms with Gasteiger partial charge >= 0.3 is 0 Å². The van der Waals surface area contributed by atoms with Gasteiger partial charge in [0.05, 0.1) is 18.1 Å². The topological polar surface area (TPSA) is 65.4 Å². The summed E-state index contributed by atoms with van der Waals surface area (Å²) in [6.07, 6.45) is 3.32. The molecule has 2 aromatic carbocycles. The third kappa shape index (κ3) is 4.00. The summed E-state index contributed by atoms with van der Waals surface area (Å²) in [7, 11) is 0. The van der Waals surface area contributed by atoms with E-state index in [-0.39, 0.29) is 12.4 Å². The zero-order valence-electron chi connectivity index (χ0n) is 13.5. The van der Waals surface area contributed by atoms with Gasteiger partial charge < -0.3 is 10.5 Å². The molecule has 0 radical (unpaired) electrons. The molecule has 0 saturated heterocycles. The standard InChI is InChI=1S/C18H16F2N4O/c1-12-10-24(18(21)23-12)22-9-13-4-2-5-14(8-13)11-25-17-15(19)6-3-7-16(17)20/h2-10H,11H2,1H3,(H2,21,23). The van der Waals surface area contributed by atoms with Crippen LogP contribution in [0.1, 0.15) is 16.8 Å². The summed E-state index contributed by atoms with van der Waals surface area (Å²) in [4.78, 5) is 4.06. The molecule has 3 aromatic rings. The first-order chi connectivity index (χ1) is 12.0. The Hall–Kier alpha value is -3.22. The Balaban J connectivity index is 1.72. The Labute approximate surface area is 143 Å².